The molecule has 0 aliphatic carbocycles. The Labute approximate surface area is 165 Å². The first-order valence-electron chi connectivity index (χ1n) is 9.39. The number of amides is 1. The Kier molecular flexibility index (Phi) is 5.82. The molecule has 1 amide bonds. The topological polar surface area (TPSA) is 65.2 Å². The molecule has 0 N–H and O–H groups in total. The molecule has 0 radical (unpaired) electrons. The molecule has 3 rings (SSSR count). The first kappa shape index (κ1) is 19.7. The summed E-state index contributed by atoms with van der Waals surface area (Å²) in [5.41, 5.74) is 4.72. The summed E-state index contributed by atoms with van der Waals surface area (Å²) < 4.78 is 9.40. The van der Waals surface area contributed by atoms with Crippen molar-refractivity contribution in [3.8, 4) is 5.75 Å². The second-order valence-electron chi connectivity index (χ2n) is 7.02. The van der Waals surface area contributed by atoms with E-state index in [1.54, 1.807) is 28.9 Å². The van der Waals surface area contributed by atoms with E-state index in [0.717, 1.165) is 34.7 Å². The van der Waals surface area contributed by atoms with Crippen LogP contribution in [0.3, 0.4) is 0 Å². The molecule has 0 saturated heterocycles. The number of rotatable bonds is 7. The second-order valence-corrected chi connectivity index (χ2v) is 7.02. The quantitative estimate of drug-likeness (QED) is 0.630. The zero-order valence-electron chi connectivity index (χ0n) is 17.1. The number of aryl methyl sites for hydroxylation is 3. The molecule has 3 aromatic rings. The highest BCUT2D eigenvalue weighted by Gasteiger charge is 2.17. The summed E-state index contributed by atoms with van der Waals surface area (Å²) in [7, 11) is 1.77. The fraction of sp³-hybridized carbons (Fsp3) is 0.381. The minimum absolute atomic E-state index is 0.130. The van der Waals surface area contributed by atoms with Gasteiger partial charge in [0.2, 0.25) is 0 Å². The molecule has 0 saturated carbocycles. The van der Waals surface area contributed by atoms with E-state index >= 15 is 0 Å². The van der Waals surface area contributed by atoms with Crippen molar-refractivity contribution in [2.75, 3.05) is 7.05 Å². The summed E-state index contributed by atoms with van der Waals surface area (Å²) in [5, 5.41) is 8.70. The van der Waals surface area contributed by atoms with Crippen molar-refractivity contribution in [2.45, 2.75) is 47.5 Å². The van der Waals surface area contributed by atoms with Crippen LogP contribution in [0, 0.1) is 20.8 Å². The Hall–Kier alpha value is -3.09. The third kappa shape index (κ3) is 4.24. The third-order valence-corrected chi connectivity index (χ3v) is 4.81. The van der Waals surface area contributed by atoms with Gasteiger partial charge in [-0.25, -0.2) is 4.68 Å². The molecular weight excluding hydrogens is 354 g/mol. The largest absolute Gasteiger partial charge is 0.471 e. The van der Waals surface area contributed by atoms with E-state index in [9.17, 15) is 4.79 Å². The standard InChI is InChI=1S/C21H27N5O2/c1-6-26-17(4)18(12-22-26)13-24(5)21(27)19-9-10-25(23-19)14-28-20-11-15(2)7-8-16(20)3/h7-12H,6,13-14H2,1-5H3. The minimum atomic E-state index is -0.130. The predicted octanol–water partition coefficient (Wildman–Crippen LogP) is 3.33. The predicted molar refractivity (Wildman–Crippen MR) is 107 cm³/mol. The Balaban J connectivity index is 1.63. The average Bonchev–Trinajstić information content (AvgIpc) is 3.29. The minimum Gasteiger partial charge on any atom is -0.471 e. The van der Waals surface area contributed by atoms with Gasteiger partial charge in [0.15, 0.2) is 12.4 Å². The summed E-state index contributed by atoms with van der Waals surface area (Å²) >= 11 is 0. The molecule has 2 heterocycles. The molecule has 28 heavy (non-hydrogen) atoms. The SMILES string of the molecule is CCn1ncc(CN(C)C(=O)c2ccn(COc3cc(C)ccc3C)n2)c1C. The highest BCUT2D eigenvalue weighted by Crippen LogP contribution is 2.19. The van der Waals surface area contributed by atoms with E-state index < -0.39 is 0 Å². The number of carbonyl (C=O) groups is 1. The maximum atomic E-state index is 12.7. The highest BCUT2D eigenvalue weighted by molar-refractivity contribution is 5.91. The molecule has 7 heteroatoms. The molecule has 2 aromatic heterocycles. The summed E-state index contributed by atoms with van der Waals surface area (Å²) in [6.45, 7) is 9.66. The molecule has 7 nitrogen and oxygen atoms in total. The number of hydrogen-bond acceptors (Lipinski definition) is 4. The Morgan fingerprint density at radius 2 is 2.00 bits per heavy atom. The molecule has 148 valence electrons. The number of nitrogens with zero attached hydrogens (tertiary/aromatic N) is 5. The van der Waals surface area contributed by atoms with Crippen LogP contribution < -0.4 is 4.74 Å². The van der Waals surface area contributed by atoms with Gasteiger partial charge in [-0.1, -0.05) is 12.1 Å². The van der Waals surface area contributed by atoms with Gasteiger partial charge in [-0.15, -0.1) is 0 Å². The lowest BCUT2D eigenvalue weighted by atomic mass is 10.1. The Morgan fingerprint density at radius 3 is 2.71 bits per heavy atom. The monoisotopic (exact) mass is 381 g/mol. The van der Waals surface area contributed by atoms with Gasteiger partial charge < -0.3 is 9.64 Å². The number of aromatic nitrogens is 4. The molecule has 0 unspecified atom stereocenters. The van der Waals surface area contributed by atoms with Crippen molar-refractivity contribution in [1.29, 1.82) is 0 Å². The third-order valence-electron chi connectivity index (χ3n) is 4.81. The van der Waals surface area contributed by atoms with Crippen LogP contribution in [0.4, 0.5) is 0 Å². The normalized spacial score (nSPS) is 10.9. The number of carbonyl (C=O) groups excluding carboxylic acids is 1. The number of hydrogen-bond donors (Lipinski definition) is 0. The van der Waals surface area contributed by atoms with E-state index in [1.165, 1.54) is 0 Å². The van der Waals surface area contributed by atoms with Gasteiger partial charge in [-0.3, -0.25) is 9.48 Å². The number of ether oxygens (including phenoxy) is 1. The molecule has 0 bridgehead atoms. The summed E-state index contributed by atoms with van der Waals surface area (Å²) in [4.78, 5) is 14.4. The molecule has 0 aliphatic rings. The van der Waals surface area contributed by atoms with E-state index in [-0.39, 0.29) is 12.6 Å². The summed E-state index contributed by atoms with van der Waals surface area (Å²) in [6.07, 6.45) is 3.58. The molecule has 0 atom stereocenters. The van der Waals surface area contributed by atoms with E-state index in [4.69, 9.17) is 4.74 Å². The van der Waals surface area contributed by atoms with Crippen molar-refractivity contribution >= 4 is 5.91 Å². The fourth-order valence-corrected chi connectivity index (χ4v) is 3.03. The van der Waals surface area contributed by atoms with Crippen LogP contribution in [-0.2, 0) is 19.8 Å². The van der Waals surface area contributed by atoms with Crippen LogP contribution in [0.15, 0.2) is 36.7 Å². The van der Waals surface area contributed by atoms with Crippen molar-refractivity contribution in [2.24, 2.45) is 0 Å². The van der Waals surface area contributed by atoms with Crippen LogP contribution in [0.5, 0.6) is 5.75 Å². The molecule has 0 aliphatic heterocycles. The van der Waals surface area contributed by atoms with Crippen LogP contribution in [-0.4, -0.2) is 37.4 Å². The maximum Gasteiger partial charge on any atom is 0.274 e. The fourth-order valence-electron chi connectivity index (χ4n) is 3.03. The Morgan fingerprint density at radius 1 is 1.21 bits per heavy atom. The molecule has 0 spiro atoms. The zero-order valence-corrected chi connectivity index (χ0v) is 17.1. The lowest BCUT2D eigenvalue weighted by Gasteiger charge is -2.15. The molecule has 1 aromatic carbocycles. The van der Waals surface area contributed by atoms with Gasteiger partial charge in [-0.05, 0) is 51.0 Å². The average molecular weight is 381 g/mol. The molecular formula is C21H27N5O2. The van der Waals surface area contributed by atoms with Crippen molar-refractivity contribution < 1.29 is 9.53 Å². The first-order valence-corrected chi connectivity index (χ1v) is 9.39. The number of benzene rings is 1. The highest BCUT2D eigenvalue weighted by atomic mass is 16.5. The van der Waals surface area contributed by atoms with Crippen LogP contribution in [0.1, 0.15) is 39.8 Å². The van der Waals surface area contributed by atoms with Gasteiger partial charge in [0.05, 0.1) is 6.20 Å². The first-order chi connectivity index (χ1) is 13.4. The van der Waals surface area contributed by atoms with Crippen LogP contribution >= 0.6 is 0 Å². The van der Waals surface area contributed by atoms with E-state index in [0.29, 0.717) is 12.2 Å². The van der Waals surface area contributed by atoms with Gasteiger partial charge >= 0.3 is 0 Å². The van der Waals surface area contributed by atoms with Crippen molar-refractivity contribution in [3.05, 3.63) is 64.7 Å². The molecule has 0 fully saturated rings. The maximum absolute atomic E-state index is 12.7. The summed E-state index contributed by atoms with van der Waals surface area (Å²) in [6, 6.07) is 7.79. The van der Waals surface area contributed by atoms with Gasteiger partial charge in [-0.2, -0.15) is 10.2 Å². The van der Waals surface area contributed by atoms with Gasteiger partial charge in [0, 0.05) is 37.6 Å². The van der Waals surface area contributed by atoms with Crippen LogP contribution in [0.2, 0.25) is 0 Å². The van der Waals surface area contributed by atoms with Gasteiger partial charge in [0.1, 0.15) is 5.75 Å². The summed E-state index contributed by atoms with van der Waals surface area (Å²) in [5.74, 6) is 0.693. The van der Waals surface area contributed by atoms with Crippen molar-refractivity contribution in [3.63, 3.8) is 0 Å². The van der Waals surface area contributed by atoms with E-state index in [2.05, 4.69) is 16.3 Å². The smallest absolute Gasteiger partial charge is 0.274 e. The van der Waals surface area contributed by atoms with Crippen LogP contribution in [0.25, 0.3) is 0 Å². The van der Waals surface area contributed by atoms with E-state index in [1.807, 2.05) is 50.7 Å². The zero-order chi connectivity index (χ0) is 20.3. The lowest BCUT2D eigenvalue weighted by molar-refractivity contribution is 0.0777. The van der Waals surface area contributed by atoms with Gasteiger partial charge in [0.25, 0.3) is 5.91 Å². The lowest BCUT2D eigenvalue weighted by Crippen LogP contribution is -2.27. The second kappa shape index (κ2) is 8.29. The Bertz CT molecular complexity index is 973. The van der Waals surface area contributed by atoms with Crippen molar-refractivity contribution in [1.82, 2.24) is 24.5 Å².